The predicted molar refractivity (Wildman–Crippen MR) is 106 cm³/mol. The smallest absolute Gasteiger partial charge is 0.243 e. The minimum Gasteiger partial charge on any atom is -0.376 e. The molecule has 2 N–H and O–H groups in total. The van der Waals surface area contributed by atoms with Crippen LogP contribution in [0, 0.1) is 13.8 Å². The van der Waals surface area contributed by atoms with E-state index in [1.165, 1.54) is 0 Å². The number of hydrogen-bond acceptors (Lipinski definition) is 3. The number of benzene rings is 2. The van der Waals surface area contributed by atoms with Crippen LogP contribution in [-0.2, 0) is 16.0 Å². The molecule has 0 heterocycles. The summed E-state index contributed by atoms with van der Waals surface area (Å²) in [7, 11) is 3.52. The van der Waals surface area contributed by atoms with Gasteiger partial charge in [0.15, 0.2) is 0 Å². The largest absolute Gasteiger partial charge is 0.376 e. The van der Waals surface area contributed by atoms with Gasteiger partial charge in [-0.1, -0.05) is 18.2 Å². The summed E-state index contributed by atoms with van der Waals surface area (Å²) in [6.45, 7) is 4.20. The molecular formula is C21H27N3O2. The lowest BCUT2D eigenvalue weighted by Gasteiger charge is -2.12. The Bertz CT molecular complexity index is 764. The number of carbonyl (C=O) groups excluding carboxylic acids is 2. The lowest BCUT2D eigenvalue weighted by atomic mass is 10.1. The Morgan fingerprint density at radius 3 is 2.31 bits per heavy atom. The second-order valence-electron chi connectivity index (χ2n) is 6.77. The van der Waals surface area contributed by atoms with Crippen molar-refractivity contribution < 1.29 is 9.59 Å². The predicted octanol–water partition coefficient (Wildman–Crippen LogP) is 3.37. The standard InChI is InChI=1S/C21H27N3O2/c1-15-10-16(2)12-19(11-15)23-20(25)14-22-18-7-5-6-17(13-18)8-9-21(26)24(3)4/h5-7,10-13,22H,8-9,14H2,1-4H3,(H,23,25). The molecule has 2 aromatic rings. The number of hydrogen-bond donors (Lipinski definition) is 2. The summed E-state index contributed by atoms with van der Waals surface area (Å²) in [5, 5.41) is 6.05. The molecule has 0 radical (unpaired) electrons. The Balaban J connectivity index is 1.87. The van der Waals surface area contributed by atoms with Crippen LogP contribution < -0.4 is 10.6 Å². The summed E-state index contributed by atoms with van der Waals surface area (Å²) in [5.41, 5.74) is 4.99. The van der Waals surface area contributed by atoms with Gasteiger partial charge in [0.2, 0.25) is 11.8 Å². The van der Waals surface area contributed by atoms with E-state index in [0.717, 1.165) is 28.1 Å². The van der Waals surface area contributed by atoms with Gasteiger partial charge in [-0.05, 0) is 61.2 Å². The summed E-state index contributed by atoms with van der Waals surface area (Å²) in [5.74, 6) is 0.0133. The lowest BCUT2D eigenvalue weighted by molar-refractivity contribution is -0.128. The maximum atomic E-state index is 12.2. The van der Waals surface area contributed by atoms with E-state index in [0.29, 0.717) is 12.8 Å². The summed E-state index contributed by atoms with van der Waals surface area (Å²) in [4.78, 5) is 25.5. The first kappa shape index (κ1) is 19.5. The molecule has 2 rings (SSSR count). The highest BCUT2D eigenvalue weighted by atomic mass is 16.2. The summed E-state index contributed by atoms with van der Waals surface area (Å²) < 4.78 is 0. The van der Waals surface area contributed by atoms with E-state index in [1.807, 2.05) is 50.2 Å². The molecule has 0 spiro atoms. The number of amides is 2. The highest BCUT2D eigenvalue weighted by molar-refractivity contribution is 5.93. The van der Waals surface area contributed by atoms with Crippen molar-refractivity contribution in [1.29, 1.82) is 0 Å². The molecule has 138 valence electrons. The third-order valence-corrected chi connectivity index (χ3v) is 4.01. The van der Waals surface area contributed by atoms with E-state index >= 15 is 0 Å². The number of nitrogens with one attached hydrogen (secondary N) is 2. The van der Waals surface area contributed by atoms with Crippen LogP contribution in [0.3, 0.4) is 0 Å². The van der Waals surface area contributed by atoms with Gasteiger partial charge in [0, 0.05) is 31.9 Å². The van der Waals surface area contributed by atoms with Gasteiger partial charge in [0.1, 0.15) is 0 Å². The number of anilines is 2. The minimum absolute atomic E-state index is 0.0943. The van der Waals surface area contributed by atoms with E-state index in [4.69, 9.17) is 0 Å². The molecule has 5 heteroatoms. The van der Waals surface area contributed by atoms with Crippen LogP contribution in [0.5, 0.6) is 0 Å². The average molecular weight is 353 g/mol. The molecule has 0 aliphatic heterocycles. The molecular weight excluding hydrogens is 326 g/mol. The number of rotatable bonds is 7. The lowest BCUT2D eigenvalue weighted by Crippen LogP contribution is -2.22. The average Bonchev–Trinajstić information content (AvgIpc) is 2.57. The molecule has 26 heavy (non-hydrogen) atoms. The molecule has 0 aliphatic rings. The van der Waals surface area contributed by atoms with Crippen molar-refractivity contribution in [3.8, 4) is 0 Å². The summed E-state index contributed by atoms with van der Waals surface area (Å²) in [6.07, 6.45) is 1.16. The molecule has 0 aromatic heterocycles. The third kappa shape index (κ3) is 6.24. The van der Waals surface area contributed by atoms with Crippen LogP contribution in [0.2, 0.25) is 0 Å². The SMILES string of the molecule is Cc1cc(C)cc(NC(=O)CNc2cccc(CCC(=O)N(C)C)c2)c1. The fourth-order valence-electron chi connectivity index (χ4n) is 2.75. The quantitative estimate of drug-likeness (QED) is 0.802. The number of carbonyl (C=O) groups is 2. The monoisotopic (exact) mass is 353 g/mol. The Morgan fingerprint density at radius 1 is 0.962 bits per heavy atom. The normalized spacial score (nSPS) is 10.3. The van der Waals surface area contributed by atoms with Crippen molar-refractivity contribution in [2.45, 2.75) is 26.7 Å². The summed E-state index contributed by atoms with van der Waals surface area (Å²) >= 11 is 0. The molecule has 5 nitrogen and oxygen atoms in total. The van der Waals surface area contributed by atoms with Gasteiger partial charge in [0.05, 0.1) is 6.54 Å². The van der Waals surface area contributed by atoms with Crippen LogP contribution in [-0.4, -0.2) is 37.4 Å². The van der Waals surface area contributed by atoms with Crippen LogP contribution >= 0.6 is 0 Å². The second-order valence-corrected chi connectivity index (χ2v) is 6.77. The highest BCUT2D eigenvalue weighted by Crippen LogP contribution is 2.15. The maximum Gasteiger partial charge on any atom is 0.243 e. The third-order valence-electron chi connectivity index (χ3n) is 4.01. The van der Waals surface area contributed by atoms with Crippen LogP contribution in [0.25, 0.3) is 0 Å². The van der Waals surface area contributed by atoms with Gasteiger partial charge in [-0.3, -0.25) is 9.59 Å². The zero-order valence-electron chi connectivity index (χ0n) is 15.9. The van der Waals surface area contributed by atoms with Gasteiger partial charge < -0.3 is 15.5 Å². The van der Waals surface area contributed by atoms with E-state index in [1.54, 1.807) is 19.0 Å². The fourth-order valence-corrected chi connectivity index (χ4v) is 2.75. The maximum absolute atomic E-state index is 12.2. The van der Waals surface area contributed by atoms with Crippen molar-refractivity contribution >= 4 is 23.2 Å². The van der Waals surface area contributed by atoms with Gasteiger partial charge >= 0.3 is 0 Å². The first-order valence-corrected chi connectivity index (χ1v) is 8.74. The van der Waals surface area contributed by atoms with Gasteiger partial charge in [-0.25, -0.2) is 0 Å². The second kappa shape index (κ2) is 9.04. The fraction of sp³-hybridized carbons (Fsp3) is 0.333. The topological polar surface area (TPSA) is 61.4 Å². The molecule has 0 saturated heterocycles. The molecule has 0 aliphatic carbocycles. The van der Waals surface area contributed by atoms with Crippen LogP contribution in [0.1, 0.15) is 23.1 Å². The van der Waals surface area contributed by atoms with Gasteiger partial charge in [-0.2, -0.15) is 0 Å². The first-order valence-electron chi connectivity index (χ1n) is 8.74. The van der Waals surface area contributed by atoms with E-state index in [2.05, 4.69) is 16.7 Å². The van der Waals surface area contributed by atoms with Crippen LogP contribution in [0.4, 0.5) is 11.4 Å². The molecule has 0 fully saturated rings. The molecule has 2 aromatic carbocycles. The van der Waals surface area contributed by atoms with Gasteiger partial charge in [0.25, 0.3) is 0 Å². The van der Waals surface area contributed by atoms with Gasteiger partial charge in [-0.15, -0.1) is 0 Å². The van der Waals surface area contributed by atoms with E-state index < -0.39 is 0 Å². The molecule has 0 bridgehead atoms. The van der Waals surface area contributed by atoms with Crippen LogP contribution in [0.15, 0.2) is 42.5 Å². The molecule has 0 unspecified atom stereocenters. The van der Waals surface area contributed by atoms with Crippen molar-refractivity contribution in [1.82, 2.24) is 4.90 Å². The zero-order valence-corrected chi connectivity index (χ0v) is 15.9. The first-order chi connectivity index (χ1) is 12.3. The van der Waals surface area contributed by atoms with Crippen molar-refractivity contribution in [3.05, 3.63) is 59.2 Å². The Morgan fingerprint density at radius 2 is 1.65 bits per heavy atom. The molecule has 0 saturated carbocycles. The minimum atomic E-state index is -0.0943. The van der Waals surface area contributed by atoms with Crippen molar-refractivity contribution in [2.75, 3.05) is 31.3 Å². The van der Waals surface area contributed by atoms with Crippen molar-refractivity contribution in [2.24, 2.45) is 0 Å². The Labute approximate surface area is 155 Å². The van der Waals surface area contributed by atoms with E-state index in [-0.39, 0.29) is 18.4 Å². The molecule has 2 amide bonds. The number of nitrogens with zero attached hydrogens (tertiary/aromatic N) is 1. The molecule has 0 atom stereocenters. The summed E-state index contributed by atoms with van der Waals surface area (Å²) in [6, 6.07) is 13.8. The van der Waals surface area contributed by atoms with Crippen molar-refractivity contribution in [3.63, 3.8) is 0 Å². The Hall–Kier alpha value is -2.82. The van der Waals surface area contributed by atoms with E-state index in [9.17, 15) is 9.59 Å². The highest BCUT2D eigenvalue weighted by Gasteiger charge is 2.06. The Kier molecular flexibility index (Phi) is 6.78. The number of aryl methyl sites for hydroxylation is 3. The zero-order chi connectivity index (χ0) is 19.1.